The maximum Gasteiger partial charge on any atom is 0.255 e. The Kier molecular flexibility index (Phi) is 4.06. The molecule has 1 amide bonds. The number of halogens is 1. The molecule has 0 unspecified atom stereocenters. The lowest BCUT2D eigenvalue weighted by molar-refractivity contribution is 0.102. The smallest absolute Gasteiger partial charge is 0.255 e. The average Bonchev–Trinajstić information content (AvgIpc) is 2.50. The van der Waals surface area contributed by atoms with Crippen molar-refractivity contribution in [1.29, 1.82) is 0 Å². The third kappa shape index (κ3) is 3.09. The number of amides is 1. The number of anilines is 1. The van der Waals surface area contributed by atoms with Crippen molar-refractivity contribution in [2.75, 3.05) is 5.32 Å². The molecule has 1 heterocycles. The molecule has 1 aromatic heterocycles. The summed E-state index contributed by atoms with van der Waals surface area (Å²) in [6.45, 7) is 3.85. The number of benzene rings is 2. The highest BCUT2D eigenvalue weighted by Crippen LogP contribution is 2.17. The Morgan fingerprint density at radius 1 is 0.955 bits per heavy atom. The second kappa shape index (κ2) is 6.00. The summed E-state index contributed by atoms with van der Waals surface area (Å²) < 4.78 is 1.13. The Bertz CT molecular complexity index is 860. The molecule has 0 aliphatic carbocycles. The number of aryl methyl sites for hydroxylation is 2. The molecule has 0 bridgehead atoms. The van der Waals surface area contributed by atoms with E-state index in [4.69, 9.17) is 0 Å². The van der Waals surface area contributed by atoms with Gasteiger partial charge in [-0.25, -0.2) is 9.97 Å². The fraction of sp³-hybridized carbons (Fsp3) is 0.118. The predicted molar refractivity (Wildman–Crippen MR) is 96.1 cm³/mol. The first kappa shape index (κ1) is 14.9. The van der Waals surface area contributed by atoms with E-state index in [9.17, 15) is 4.79 Å². The Labute approximate surface area is 142 Å². The molecule has 5 heteroatoms. The Morgan fingerprint density at radius 2 is 1.59 bits per heavy atom. The van der Waals surface area contributed by atoms with Crippen LogP contribution in [0, 0.1) is 17.4 Å². The molecule has 2 aromatic carbocycles. The lowest BCUT2D eigenvalue weighted by Crippen LogP contribution is -2.12. The van der Waals surface area contributed by atoms with Gasteiger partial charge < -0.3 is 5.32 Å². The number of carbonyl (C=O) groups is 1. The summed E-state index contributed by atoms with van der Waals surface area (Å²) in [5.41, 5.74) is 4.67. The van der Waals surface area contributed by atoms with Crippen molar-refractivity contribution in [2.45, 2.75) is 13.8 Å². The molecule has 0 saturated heterocycles. The van der Waals surface area contributed by atoms with Gasteiger partial charge in [0.15, 0.2) is 0 Å². The molecule has 0 aliphatic rings. The van der Waals surface area contributed by atoms with Gasteiger partial charge in [0.1, 0.15) is 0 Å². The summed E-state index contributed by atoms with van der Waals surface area (Å²) in [6, 6.07) is 13.0. The third-order valence-electron chi connectivity index (χ3n) is 3.44. The van der Waals surface area contributed by atoms with E-state index in [1.807, 2.05) is 44.2 Å². The summed E-state index contributed by atoms with van der Waals surface area (Å²) in [6.07, 6.45) is 0. The zero-order valence-electron chi connectivity index (χ0n) is 12.2. The monoisotopic (exact) mass is 403 g/mol. The molecule has 22 heavy (non-hydrogen) atoms. The number of carbonyl (C=O) groups excluding carboxylic acids is 1. The van der Waals surface area contributed by atoms with Crippen LogP contribution in [0.1, 0.15) is 21.7 Å². The van der Waals surface area contributed by atoms with E-state index in [2.05, 4.69) is 37.9 Å². The zero-order chi connectivity index (χ0) is 15.7. The summed E-state index contributed by atoms with van der Waals surface area (Å²) >= 11 is 2.23. The summed E-state index contributed by atoms with van der Waals surface area (Å²) in [5.74, 6) is -0.150. The fourth-order valence-corrected chi connectivity index (χ4v) is 2.47. The molecular formula is C17H14IN3O. The molecule has 3 rings (SSSR count). The molecule has 0 radical (unpaired) electrons. The van der Waals surface area contributed by atoms with Gasteiger partial charge in [0.05, 0.1) is 22.4 Å². The Balaban J connectivity index is 1.90. The van der Waals surface area contributed by atoms with Crippen LogP contribution in [-0.2, 0) is 0 Å². The fourth-order valence-electron chi connectivity index (χ4n) is 2.11. The van der Waals surface area contributed by atoms with Gasteiger partial charge in [-0.2, -0.15) is 0 Å². The number of hydrogen-bond acceptors (Lipinski definition) is 3. The van der Waals surface area contributed by atoms with Crippen molar-refractivity contribution < 1.29 is 4.79 Å². The number of aromatic nitrogens is 2. The van der Waals surface area contributed by atoms with Crippen LogP contribution in [-0.4, -0.2) is 15.9 Å². The quantitative estimate of drug-likeness (QED) is 0.656. The van der Waals surface area contributed by atoms with E-state index >= 15 is 0 Å². The van der Waals surface area contributed by atoms with E-state index in [1.165, 1.54) is 0 Å². The first-order valence-corrected chi connectivity index (χ1v) is 7.93. The van der Waals surface area contributed by atoms with E-state index in [1.54, 1.807) is 12.1 Å². The van der Waals surface area contributed by atoms with Gasteiger partial charge in [0.25, 0.3) is 5.91 Å². The maximum atomic E-state index is 12.3. The molecule has 0 atom stereocenters. The second-order valence-electron chi connectivity index (χ2n) is 5.06. The van der Waals surface area contributed by atoms with Gasteiger partial charge in [0.2, 0.25) is 0 Å². The van der Waals surface area contributed by atoms with E-state index < -0.39 is 0 Å². The van der Waals surface area contributed by atoms with Gasteiger partial charge in [0, 0.05) is 14.8 Å². The van der Waals surface area contributed by atoms with Crippen LogP contribution in [0.25, 0.3) is 11.0 Å². The molecular weight excluding hydrogens is 389 g/mol. The minimum absolute atomic E-state index is 0.150. The topological polar surface area (TPSA) is 54.9 Å². The Morgan fingerprint density at radius 3 is 2.27 bits per heavy atom. The number of nitrogens with one attached hydrogen (secondary N) is 1. The summed E-state index contributed by atoms with van der Waals surface area (Å²) in [7, 11) is 0. The van der Waals surface area contributed by atoms with Crippen LogP contribution in [0.2, 0.25) is 0 Å². The van der Waals surface area contributed by atoms with E-state index in [-0.39, 0.29) is 5.91 Å². The minimum atomic E-state index is -0.150. The molecule has 4 nitrogen and oxygen atoms in total. The van der Waals surface area contributed by atoms with Crippen molar-refractivity contribution >= 4 is 45.2 Å². The van der Waals surface area contributed by atoms with Crippen LogP contribution < -0.4 is 5.32 Å². The van der Waals surface area contributed by atoms with E-state index in [0.29, 0.717) is 5.56 Å². The number of nitrogens with zero attached hydrogens (tertiary/aromatic N) is 2. The molecule has 0 aliphatic heterocycles. The maximum absolute atomic E-state index is 12.3. The summed E-state index contributed by atoms with van der Waals surface area (Å²) in [4.78, 5) is 21.3. The lowest BCUT2D eigenvalue weighted by Gasteiger charge is -2.07. The highest BCUT2D eigenvalue weighted by molar-refractivity contribution is 14.1. The number of fused-ring (bicyclic) bond motifs is 1. The van der Waals surface area contributed by atoms with Crippen LogP contribution in [0.15, 0.2) is 42.5 Å². The standard InChI is InChI=1S/C17H14IN3O/c1-10-11(2)20-16-9-12(3-8-15(16)19-10)17(22)21-14-6-4-13(18)5-7-14/h3-9H,1-2H3,(H,21,22). The minimum Gasteiger partial charge on any atom is -0.322 e. The van der Waals surface area contributed by atoms with Crippen molar-refractivity contribution in [1.82, 2.24) is 9.97 Å². The van der Waals surface area contributed by atoms with Gasteiger partial charge in [-0.1, -0.05) is 0 Å². The van der Waals surface area contributed by atoms with Crippen molar-refractivity contribution in [3.05, 3.63) is 63.0 Å². The van der Waals surface area contributed by atoms with E-state index in [0.717, 1.165) is 31.7 Å². The van der Waals surface area contributed by atoms with Gasteiger partial charge in [-0.05, 0) is 78.9 Å². The molecule has 0 fully saturated rings. The molecule has 1 N–H and O–H groups in total. The van der Waals surface area contributed by atoms with Crippen LogP contribution in [0.3, 0.4) is 0 Å². The molecule has 0 saturated carbocycles. The summed E-state index contributed by atoms with van der Waals surface area (Å²) in [5, 5.41) is 2.89. The highest BCUT2D eigenvalue weighted by atomic mass is 127. The van der Waals surface area contributed by atoms with Gasteiger partial charge >= 0.3 is 0 Å². The molecule has 110 valence electrons. The van der Waals surface area contributed by atoms with Crippen molar-refractivity contribution in [2.24, 2.45) is 0 Å². The zero-order valence-corrected chi connectivity index (χ0v) is 14.4. The first-order valence-electron chi connectivity index (χ1n) is 6.85. The van der Waals surface area contributed by atoms with Crippen molar-refractivity contribution in [3.8, 4) is 0 Å². The van der Waals surface area contributed by atoms with Crippen molar-refractivity contribution in [3.63, 3.8) is 0 Å². The van der Waals surface area contributed by atoms with Crippen LogP contribution >= 0.6 is 22.6 Å². The lowest BCUT2D eigenvalue weighted by atomic mass is 10.1. The largest absolute Gasteiger partial charge is 0.322 e. The van der Waals surface area contributed by atoms with Gasteiger partial charge in [-0.3, -0.25) is 4.79 Å². The second-order valence-corrected chi connectivity index (χ2v) is 6.30. The molecule has 3 aromatic rings. The predicted octanol–water partition coefficient (Wildman–Crippen LogP) is 4.10. The highest BCUT2D eigenvalue weighted by Gasteiger charge is 2.09. The van der Waals surface area contributed by atoms with Crippen LogP contribution in [0.4, 0.5) is 5.69 Å². The SMILES string of the molecule is Cc1nc2ccc(C(=O)Nc3ccc(I)cc3)cc2nc1C. The molecule has 0 spiro atoms. The van der Waals surface area contributed by atoms with Crippen LogP contribution in [0.5, 0.6) is 0 Å². The number of hydrogen-bond donors (Lipinski definition) is 1. The Hall–Kier alpha value is -2.02. The first-order chi connectivity index (χ1) is 10.5. The van der Waals surface area contributed by atoms with Gasteiger partial charge in [-0.15, -0.1) is 0 Å². The normalized spacial score (nSPS) is 10.7. The third-order valence-corrected chi connectivity index (χ3v) is 4.16. The number of rotatable bonds is 2. The average molecular weight is 403 g/mol.